The third kappa shape index (κ3) is 5.57. The Balaban J connectivity index is 1.30. The lowest BCUT2D eigenvalue weighted by Crippen LogP contribution is -2.37. The lowest BCUT2D eigenvalue weighted by Gasteiger charge is -2.24. The van der Waals surface area contributed by atoms with Gasteiger partial charge in [0.05, 0.1) is 10.1 Å². The van der Waals surface area contributed by atoms with Crippen LogP contribution >= 0.6 is 0 Å². The van der Waals surface area contributed by atoms with E-state index < -0.39 is 15.1 Å². The first-order chi connectivity index (χ1) is 17.0. The van der Waals surface area contributed by atoms with Crippen molar-refractivity contribution in [1.29, 1.82) is 0 Å². The summed E-state index contributed by atoms with van der Waals surface area (Å²) < 4.78 is 32.7. The van der Waals surface area contributed by atoms with Gasteiger partial charge in [-0.05, 0) is 79.3 Å². The largest absolute Gasteiger partial charge is 0.372 e. The van der Waals surface area contributed by atoms with E-state index in [1.165, 1.54) is 0 Å². The van der Waals surface area contributed by atoms with E-state index in [4.69, 9.17) is 4.74 Å². The zero-order valence-corrected chi connectivity index (χ0v) is 20.8. The van der Waals surface area contributed by atoms with Crippen LogP contribution in [0.25, 0.3) is 21.9 Å². The van der Waals surface area contributed by atoms with Crippen molar-refractivity contribution in [2.75, 3.05) is 19.8 Å². The fraction of sp³-hybridized carbons (Fsp3) is 0.429. The van der Waals surface area contributed by atoms with E-state index in [0.717, 1.165) is 47.6 Å². The summed E-state index contributed by atoms with van der Waals surface area (Å²) in [6.07, 6.45) is 9.14. The fourth-order valence-electron chi connectivity index (χ4n) is 4.96. The first-order valence-electron chi connectivity index (χ1n) is 12.6. The molecule has 0 bridgehead atoms. The van der Waals surface area contributed by atoms with Crippen molar-refractivity contribution in [2.45, 2.75) is 61.1 Å². The minimum absolute atomic E-state index is 0.0695. The van der Waals surface area contributed by atoms with Gasteiger partial charge in [0.1, 0.15) is 6.61 Å². The number of rotatable bonds is 4. The van der Waals surface area contributed by atoms with Gasteiger partial charge in [-0.2, -0.15) is 0 Å². The Labute approximate surface area is 207 Å². The predicted octanol–water partition coefficient (Wildman–Crippen LogP) is 5.02. The molecule has 1 aliphatic heterocycles. The van der Waals surface area contributed by atoms with E-state index in [0.29, 0.717) is 43.4 Å². The van der Waals surface area contributed by atoms with Gasteiger partial charge in [-0.3, -0.25) is 9.78 Å². The van der Waals surface area contributed by atoms with E-state index in [1.54, 1.807) is 18.3 Å². The molecule has 1 unspecified atom stereocenters. The molecule has 1 aromatic heterocycles. The average molecular weight is 493 g/mol. The van der Waals surface area contributed by atoms with Gasteiger partial charge in [0, 0.05) is 37.0 Å². The third-order valence-electron chi connectivity index (χ3n) is 7.12. The second kappa shape index (κ2) is 10.5. The van der Waals surface area contributed by atoms with Crippen molar-refractivity contribution >= 4 is 26.5 Å². The Bertz CT molecular complexity index is 1290. The normalized spacial score (nSPS) is 20.9. The van der Waals surface area contributed by atoms with E-state index >= 15 is 0 Å². The lowest BCUT2D eigenvalue weighted by molar-refractivity contribution is -0.136. The van der Waals surface area contributed by atoms with Crippen LogP contribution in [0.2, 0.25) is 0 Å². The highest BCUT2D eigenvalue weighted by Gasteiger charge is 2.33. The smallest absolute Gasteiger partial charge is 0.248 e. The van der Waals surface area contributed by atoms with Crippen LogP contribution in [-0.2, 0) is 19.4 Å². The molecule has 184 valence electrons. The van der Waals surface area contributed by atoms with Crippen LogP contribution in [0.15, 0.2) is 65.8 Å². The summed E-state index contributed by atoms with van der Waals surface area (Å²) >= 11 is 0. The molecule has 0 N–H and O–H groups in total. The van der Waals surface area contributed by atoms with Crippen molar-refractivity contribution in [2.24, 2.45) is 0 Å². The minimum atomic E-state index is -3.46. The zero-order valence-electron chi connectivity index (χ0n) is 19.9. The Kier molecular flexibility index (Phi) is 7.16. The van der Waals surface area contributed by atoms with Gasteiger partial charge < -0.3 is 9.64 Å². The van der Waals surface area contributed by atoms with Gasteiger partial charge in [0.15, 0.2) is 9.84 Å². The molecule has 3 aromatic rings. The molecule has 1 saturated heterocycles. The molecule has 1 amide bonds. The number of benzene rings is 2. The molecule has 1 atom stereocenters. The Morgan fingerprint density at radius 2 is 1.63 bits per heavy atom. The molecule has 0 spiro atoms. The number of carbonyl (C=O) groups excluding carboxylic acids is 1. The number of fused-ring (bicyclic) bond motifs is 1. The average Bonchev–Trinajstić information content (AvgIpc) is 3.71. The molecular formula is C28H32N2O4S. The van der Waals surface area contributed by atoms with Gasteiger partial charge in [0.2, 0.25) is 5.91 Å². The molecule has 2 heterocycles. The van der Waals surface area contributed by atoms with Gasteiger partial charge in [0.25, 0.3) is 0 Å². The molecule has 6 nitrogen and oxygen atoms in total. The number of hydrogen-bond donors (Lipinski definition) is 0. The van der Waals surface area contributed by atoms with Crippen LogP contribution in [0, 0.1) is 0 Å². The number of pyridine rings is 1. The van der Waals surface area contributed by atoms with Gasteiger partial charge in [-0.25, -0.2) is 8.42 Å². The van der Waals surface area contributed by atoms with Gasteiger partial charge in [-0.15, -0.1) is 0 Å². The maximum Gasteiger partial charge on any atom is 0.248 e. The zero-order chi connectivity index (χ0) is 24.3. The topological polar surface area (TPSA) is 76.6 Å². The standard InChI is InChI=1S/C28H32N2O4S/c31-28-20-34-17-3-5-26(4-1-2-16-30(28)25-10-11-25)35(32,33)27-12-8-21(9-13-27)23-7-6-22-14-15-29-19-24(22)18-23/h6-9,12-15,18-19,25-26H,1-5,10-11,16-17,20H2. The quantitative estimate of drug-likeness (QED) is 0.511. The van der Waals surface area contributed by atoms with Gasteiger partial charge >= 0.3 is 0 Å². The summed E-state index contributed by atoms with van der Waals surface area (Å²) in [5.74, 6) is 0.0695. The van der Waals surface area contributed by atoms with E-state index in [1.807, 2.05) is 35.4 Å². The first-order valence-corrected chi connectivity index (χ1v) is 14.1. The molecule has 0 radical (unpaired) electrons. The first kappa shape index (κ1) is 23.9. The highest BCUT2D eigenvalue weighted by molar-refractivity contribution is 7.92. The highest BCUT2D eigenvalue weighted by atomic mass is 32.2. The van der Waals surface area contributed by atoms with Crippen molar-refractivity contribution in [3.63, 3.8) is 0 Å². The van der Waals surface area contributed by atoms with Crippen molar-refractivity contribution in [3.8, 4) is 11.1 Å². The van der Waals surface area contributed by atoms with Crippen molar-refractivity contribution in [3.05, 3.63) is 60.9 Å². The number of ether oxygens (including phenoxy) is 1. The number of aromatic nitrogens is 1. The van der Waals surface area contributed by atoms with Gasteiger partial charge in [-0.1, -0.05) is 30.7 Å². The Morgan fingerprint density at radius 1 is 0.857 bits per heavy atom. The molecule has 5 rings (SSSR count). The predicted molar refractivity (Wildman–Crippen MR) is 137 cm³/mol. The Hall–Kier alpha value is -2.77. The summed E-state index contributed by atoms with van der Waals surface area (Å²) in [6.45, 7) is 1.20. The number of hydrogen-bond acceptors (Lipinski definition) is 5. The molecule has 2 aromatic carbocycles. The second-order valence-electron chi connectivity index (χ2n) is 9.64. The van der Waals surface area contributed by atoms with Crippen LogP contribution in [-0.4, -0.2) is 55.3 Å². The molecule has 1 aliphatic carbocycles. The number of carbonyl (C=O) groups is 1. The fourth-order valence-corrected chi connectivity index (χ4v) is 6.81. The monoisotopic (exact) mass is 492 g/mol. The van der Waals surface area contributed by atoms with Crippen LogP contribution in [0.1, 0.15) is 44.9 Å². The summed E-state index contributed by atoms with van der Waals surface area (Å²) in [4.78, 5) is 18.9. The molecule has 2 aliphatic rings. The van der Waals surface area contributed by atoms with E-state index in [2.05, 4.69) is 17.1 Å². The summed E-state index contributed by atoms with van der Waals surface area (Å²) in [6, 6.07) is 15.8. The summed E-state index contributed by atoms with van der Waals surface area (Å²) in [7, 11) is -3.46. The second-order valence-corrected chi connectivity index (χ2v) is 11.9. The van der Waals surface area contributed by atoms with Crippen molar-refractivity contribution < 1.29 is 17.9 Å². The maximum atomic E-state index is 13.5. The SMILES string of the molecule is O=C1COCCCC(S(=O)(=O)c2ccc(-c3ccc4ccncc4c3)cc2)CCCCN1C1CC1. The molecule has 1 saturated carbocycles. The Morgan fingerprint density at radius 3 is 2.43 bits per heavy atom. The highest BCUT2D eigenvalue weighted by Crippen LogP contribution is 2.30. The number of sulfone groups is 1. The third-order valence-corrected chi connectivity index (χ3v) is 9.40. The minimum Gasteiger partial charge on any atom is -0.372 e. The van der Waals surface area contributed by atoms with Crippen LogP contribution in [0.5, 0.6) is 0 Å². The summed E-state index contributed by atoms with van der Waals surface area (Å²) in [5.41, 5.74) is 2.01. The molecule has 7 heteroatoms. The number of nitrogens with zero attached hydrogens (tertiary/aromatic N) is 2. The lowest BCUT2D eigenvalue weighted by atomic mass is 10.0. The molecule has 2 fully saturated rings. The van der Waals surface area contributed by atoms with Crippen LogP contribution in [0.4, 0.5) is 0 Å². The molecular weight excluding hydrogens is 460 g/mol. The van der Waals surface area contributed by atoms with Crippen molar-refractivity contribution in [1.82, 2.24) is 9.88 Å². The van der Waals surface area contributed by atoms with Crippen LogP contribution < -0.4 is 0 Å². The van der Waals surface area contributed by atoms with E-state index in [-0.39, 0.29) is 12.5 Å². The number of amides is 1. The van der Waals surface area contributed by atoms with Crippen LogP contribution in [0.3, 0.4) is 0 Å². The van der Waals surface area contributed by atoms with E-state index in [9.17, 15) is 13.2 Å². The summed E-state index contributed by atoms with van der Waals surface area (Å²) in [5, 5.41) is 1.74. The molecule has 35 heavy (non-hydrogen) atoms. The maximum absolute atomic E-state index is 13.5.